The maximum absolute atomic E-state index is 2.74. The molecule has 0 radical (unpaired) electrons. The van der Waals surface area contributed by atoms with Crippen LogP contribution in [0.1, 0.15) is 70.0 Å². The third-order valence-corrected chi connectivity index (χ3v) is 20.2. The first kappa shape index (κ1) is 37.3. The number of benzene rings is 6. The summed E-state index contributed by atoms with van der Waals surface area (Å²) in [5.41, 5.74) is 16.0. The predicted molar refractivity (Wildman–Crippen MR) is 214 cm³/mol. The molecule has 0 fully saturated rings. The molecule has 2 unspecified atom stereocenters. The molecule has 2 aliphatic carbocycles. The summed E-state index contributed by atoms with van der Waals surface area (Å²) in [4.78, 5) is 0. The van der Waals surface area contributed by atoms with Crippen molar-refractivity contribution in [3.05, 3.63) is 155 Å². The molecule has 4 bridgehead atoms. The van der Waals surface area contributed by atoms with Gasteiger partial charge < -0.3 is 24.8 Å². The van der Waals surface area contributed by atoms with Gasteiger partial charge in [0.1, 0.15) is 0 Å². The summed E-state index contributed by atoms with van der Waals surface area (Å²) in [6.45, 7) is 15.3. The van der Waals surface area contributed by atoms with Crippen LogP contribution in [0.3, 0.4) is 0 Å². The average Bonchev–Trinajstić information content (AvgIpc) is 3.61. The van der Waals surface area contributed by atoms with Gasteiger partial charge in [0.25, 0.3) is 0 Å². The third kappa shape index (κ3) is 5.80. The molecule has 6 aromatic carbocycles. The molecule has 0 aromatic heterocycles. The summed E-state index contributed by atoms with van der Waals surface area (Å²) in [5.74, 6) is 1.27. The SMILES string of the molecule is CC(C)CC1=C2c3c(-c4cccc5ccccc45)cccc3[CH]1[Zr+2][CH]1C(CC(C)C)=C(c3c(-c4cccc5ccccc45)cccc31)[Si]2(C)C.[Cl-].[Cl-]. The minimum Gasteiger partial charge on any atom is -1.00 e. The van der Waals surface area contributed by atoms with E-state index in [0.29, 0.717) is 19.1 Å². The molecule has 0 spiro atoms. The van der Waals surface area contributed by atoms with Crippen LogP contribution in [0, 0.1) is 11.8 Å². The van der Waals surface area contributed by atoms with E-state index in [2.05, 4.69) is 162 Å². The fourth-order valence-corrected chi connectivity index (χ4v) is 20.0. The second-order valence-electron chi connectivity index (χ2n) is 16.2. The third-order valence-electron chi connectivity index (χ3n) is 11.7. The van der Waals surface area contributed by atoms with E-state index in [1.54, 1.807) is 32.6 Å². The summed E-state index contributed by atoms with van der Waals surface area (Å²) in [5, 5.41) is 8.97. The molecule has 3 aliphatic rings. The molecular weight excluding hydrogens is 767 g/mol. The van der Waals surface area contributed by atoms with E-state index in [1.807, 2.05) is 11.1 Å². The van der Waals surface area contributed by atoms with Gasteiger partial charge in [-0.3, -0.25) is 0 Å². The largest absolute Gasteiger partial charge is 1.00 e. The van der Waals surface area contributed by atoms with Crippen LogP contribution < -0.4 is 24.8 Å². The number of hydrogen-bond donors (Lipinski definition) is 0. The van der Waals surface area contributed by atoms with Crippen molar-refractivity contribution in [2.45, 2.75) is 60.9 Å². The maximum Gasteiger partial charge on any atom is -1.00 e. The van der Waals surface area contributed by atoms with E-state index in [9.17, 15) is 0 Å². The Morgan fingerprint density at radius 3 is 1.27 bits per heavy atom. The molecule has 0 N–H and O–H groups in total. The molecule has 9 rings (SSSR count). The predicted octanol–water partition coefficient (Wildman–Crippen LogP) is 7.63. The Bertz CT molecular complexity index is 2240. The first-order chi connectivity index (χ1) is 24.2. The Kier molecular flexibility index (Phi) is 10.3. The van der Waals surface area contributed by atoms with Crippen molar-refractivity contribution in [1.82, 2.24) is 0 Å². The minimum absolute atomic E-state index is 0. The van der Waals surface area contributed by atoms with Crippen molar-refractivity contribution in [2.75, 3.05) is 0 Å². The minimum atomic E-state index is -2.29. The van der Waals surface area contributed by atoms with Crippen LogP contribution >= 0.6 is 0 Å². The molecule has 260 valence electrons. The second kappa shape index (κ2) is 14.3. The fraction of sp³-hybridized carbons (Fsp3) is 0.250. The Labute approximate surface area is 335 Å². The average molecular weight is 813 g/mol. The monoisotopic (exact) mass is 810 g/mol. The van der Waals surface area contributed by atoms with Crippen LogP contribution in [0.5, 0.6) is 0 Å². The molecule has 0 saturated heterocycles. The number of allylic oxidation sites excluding steroid dienone is 2. The van der Waals surface area contributed by atoms with Crippen molar-refractivity contribution >= 4 is 40.0 Å². The first-order valence-electron chi connectivity index (χ1n) is 18.7. The van der Waals surface area contributed by atoms with Crippen LogP contribution in [-0.4, -0.2) is 8.07 Å². The second-order valence-corrected chi connectivity index (χ2v) is 24.2. The number of halogens is 2. The van der Waals surface area contributed by atoms with Gasteiger partial charge in [-0.05, 0) is 0 Å². The number of hydrogen-bond acceptors (Lipinski definition) is 0. The van der Waals surface area contributed by atoms with Gasteiger partial charge in [0.05, 0.1) is 0 Å². The van der Waals surface area contributed by atoms with Crippen molar-refractivity contribution in [1.29, 1.82) is 0 Å². The number of fused-ring (bicyclic) bond motifs is 10. The van der Waals surface area contributed by atoms with E-state index < -0.39 is 31.3 Å². The standard InChI is InChI=1S/C48H46Si.2ClH.Zr/c1-31(2)27-37-29-35-19-13-25-43(41-23-11-17-33-15-7-9-21-39(33)41)45(35)47(37)49(5,6)48-38(28-32(3)4)30-36-20-14-26-44(46(36)48)42-24-12-18-34-16-8-10-22-40(34)42;;;/h7-26,29-32H,27-28H2,1-6H3;2*1H;/q;;;+2/p-2. The van der Waals surface area contributed by atoms with Crippen LogP contribution in [0.4, 0.5) is 0 Å². The molecule has 0 amide bonds. The molecule has 6 aromatic rings. The van der Waals surface area contributed by atoms with E-state index in [0.717, 1.165) is 0 Å². The molecule has 0 saturated carbocycles. The zero-order chi connectivity index (χ0) is 34.3. The van der Waals surface area contributed by atoms with Crippen molar-refractivity contribution in [2.24, 2.45) is 11.8 Å². The Morgan fingerprint density at radius 1 is 0.481 bits per heavy atom. The zero-order valence-corrected chi connectivity index (χ0v) is 36.0. The van der Waals surface area contributed by atoms with Gasteiger partial charge in [-0.25, -0.2) is 0 Å². The van der Waals surface area contributed by atoms with E-state index >= 15 is 0 Å². The van der Waals surface area contributed by atoms with E-state index in [4.69, 9.17) is 0 Å². The normalized spacial score (nSPS) is 18.0. The Balaban J connectivity index is 0.00000210. The van der Waals surface area contributed by atoms with Crippen molar-refractivity contribution < 1.29 is 48.0 Å². The van der Waals surface area contributed by atoms with E-state index in [1.165, 1.54) is 56.6 Å². The summed E-state index contributed by atoms with van der Waals surface area (Å²) >= 11 is -1.06. The summed E-state index contributed by atoms with van der Waals surface area (Å²) in [7, 11) is -2.29. The molecule has 2 atom stereocenters. The van der Waals surface area contributed by atoms with Crippen LogP contribution in [0.15, 0.2) is 132 Å². The van der Waals surface area contributed by atoms with Gasteiger partial charge in [0.15, 0.2) is 0 Å². The van der Waals surface area contributed by atoms with Gasteiger partial charge in [0.2, 0.25) is 0 Å². The van der Waals surface area contributed by atoms with E-state index in [-0.39, 0.29) is 24.8 Å². The Morgan fingerprint density at radius 2 is 0.846 bits per heavy atom. The van der Waals surface area contributed by atoms with Gasteiger partial charge in [-0.1, -0.05) is 0 Å². The van der Waals surface area contributed by atoms with Crippen LogP contribution in [0.2, 0.25) is 13.1 Å². The van der Waals surface area contributed by atoms with Gasteiger partial charge in [0, 0.05) is 0 Å². The quantitative estimate of drug-likeness (QED) is 0.152. The molecule has 1 aliphatic heterocycles. The molecular formula is C48H46Cl2SiZr. The smallest absolute Gasteiger partial charge is 1.00 e. The van der Waals surface area contributed by atoms with Crippen molar-refractivity contribution in [3.8, 4) is 22.3 Å². The van der Waals surface area contributed by atoms with Crippen molar-refractivity contribution in [3.63, 3.8) is 0 Å². The Hall–Kier alpha value is -3.00. The van der Waals surface area contributed by atoms with Crippen LogP contribution in [0.25, 0.3) is 54.2 Å². The topological polar surface area (TPSA) is 0 Å². The van der Waals surface area contributed by atoms with Gasteiger partial charge in [-0.2, -0.15) is 0 Å². The fourth-order valence-electron chi connectivity index (χ4n) is 9.95. The number of rotatable bonds is 6. The first-order valence-corrected chi connectivity index (χ1v) is 24.5. The molecule has 1 heterocycles. The van der Waals surface area contributed by atoms with Gasteiger partial charge >= 0.3 is 313 Å². The maximum atomic E-state index is 2.74. The molecule has 4 heteroatoms. The summed E-state index contributed by atoms with van der Waals surface area (Å²) in [6, 6.07) is 46.7. The van der Waals surface area contributed by atoms with Crippen LogP contribution in [-0.2, 0) is 23.2 Å². The summed E-state index contributed by atoms with van der Waals surface area (Å²) in [6.07, 6.45) is 2.43. The molecule has 52 heavy (non-hydrogen) atoms. The summed E-state index contributed by atoms with van der Waals surface area (Å²) < 4.78 is 1.24. The van der Waals surface area contributed by atoms with Gasteiger partial charge in [-0.15, -0.1) is 0 Å². The zero-order valence-electron chi connectivity index (χ0n) is 31.0. The molecule has 0 nitrogen and oxygen atoms in total.